The lowest BCUT2D eigenvalue weighted by Gasteiger charge is -2.48. The minimum Gasteiger partial charge on any atom is -0.387 e. The Balaban J connectivity index is 1.65. The van der Waals surface area contributed by atoms with E-state index in [0.29, 0.717) is 19.8 Å². The topological polar surface area (TPSA) is 66.4 Å². The summed E-state index contributed by atoms with van der Waals surface area (Å²) in [6, 6.07) is 29.6. The molecule has 0 heterocycles. The highest BCUT2D eigenvalue weighted by molar-refractivity contribution is 5.16. The number of hydrogen-bond acceptors (Lipinski definition) is 6. The lowest BCUT2D eigenvalue weighted by atomic mass is 9.83. The molecule has 3 aromatic carbocycles. The minimum absolute atomic E-state index is 0.238. The quantitative estimate of drug-likeness (QED) is 0.271. The van der Waals surface area contributed by atoms with E-state index in [1.807, 2.05) is 91.0 Å². The summed E-state index contributed by atoms with van der Waals surface area (Å²) in [5, 5.41) is 11.6. The van der Waals surface area contributed by atoms with E-state index < -0.39 is 36.6 Å². The van der Waals surface area contributed by atoms with Crippen molar-refractivity contribution in [2.45, 2.75) is 56.4 Å². The van der Waals surface area contributed by atoms with Crippen LogP contribution < -0.4 is 0 Å². The average Bonchev–Trinajstić information content (AvgIpc) is 2.99. The monoisotopic (exact) mass is 530 g/mol. The van der Waals surface area contributed by atoms with Gasteiger partial charge in [-0.15, -0.1) is 13.2 Å². The summed E-state index contributed by atoms with van der Waals surface area (Å²) in [5.41, 5.74) is 3.00. The van der Waals surface area contributed by atoms with Crippen molar-refractivity contribution in [3.63, 3.8) is 0 Å². The molecule has 0 amide bonds. The van der Waals surface area contributed by atoms with Gasteiger partial charge < -0.3 is 28.8 Å². The summed E-state index contributed by atoms with van der Waals surface area (Å²) in [5.74, 6) is 0. The molecule has 0 aliphatic heterocycles. The second-order valence-corrected chi connectivity index (χ2v) is 9.45. The fraction of sp³-hybridized carbons (Fsp3) is 0.333. The molecule has 1 fully saturated rings. The molecule has 39 heavy (non-hydrogen) atoms. The van der Waals surface area contributed by atoms with Crippen molar-refractivity contribution in [1.82, 2.24) is 0 Å². The van der Waals surface area contributed by atoms with Gasteiger partial charge in [0.05, 0.1) is 33.0 Å². The number of hydrogen-bond donors (Lipinski definition) is 1. The van der Waals surface area contributed by atoms with Crippen molar-refractivity contribution in [3.8, 4) is 0 Å². The maximum absolute atomic E-state index is 11.6. The Morgan fingerprint density at radius 1 is 0.487 bits per heavy atom. The highest BCUT2D eigenvalue weighted by atomic mass is 16.6. The molecule has 0 aromatic heterocycles. The molecule has 0 spiro atoms. The molecular weight excluding hydrogens is 492 g/mol. The minimum atomic E-state index is -1.04. The largest absolute Gasteiger partial charge is 0.387 e. The maximum Gasteiger partial charge on any atom is 0.116 e. The van der Waals surface area contributed by atoms with E-state index in [-0.39, 0.29) is 13.2 Å². The van der Waals surface area contributed by atoms with Crippen molar-refractivity contribution >= 4 is 0 Å². The van der Waals surface area contributed by atoms with E-state index in [4.69, 9.17) is 23.7 Å². The van der Waals surface area contributed by atoms with Crippen LogP contribution in [0.25, 0.3) is 0 Å². The molecule has 1 saturated carbocycles. The van der Waals surface area contributed by atoms with Crippen LogP contribution in [0.3, 0.4) is 0 Å². The molecule has 6 nitrogen and oxygen atoms in total. The normalized spacial score (nSPS) is 24.7. The van der Waals surface area contributed by atoms with E-state index in [1.165, 1.54) is 0 Å². The van der Waals surface area contributed by atoms with E-state index >= 15 is 0 Å². The average molecular weight is 531 g/mol. The zero-order valence-corrected chi connectivity index (χ0v) is 22.2. The maximum atomic E-state index is 11.6. The predicted octanol–water partition coefficient (Wildman–Crippen LogP) is 5.26. The van der Waals surface area contributed by atoms with Crippen molar-refractivity contribution in [1.29, 1.82) is 0 Å². The molecule has 0 radical (unpaired) electrons. The van der Waals surface area contributed by atoms with Crippen LogP contribution in [0.1, 0.15) is 16.7 Å². The molecule has 1 aliphatic carbocycles. The van der Waals surface area contributed by atoms with Gasteiger partial charge in [0.2, 0.25) is 0 Å². The van der Waals surface area contributed by atoms with Gasteiger partial charge in [-0.25, -0.2) is 0 Å². The number of rotatable bonds is 15. The molecule has 1 N–H and O–H groups in total. The van der Waals surface area contributed by atoms with Crippen LogP contribution in [0, 0.1) is 0 Å². The molecule has 0 unspecified atom stereocenters. The van der Waals surface area contributed by atoms with Gasteiger partial charge >= 0.3 is 0 Å². The Morgan fingerprint density at radius 3 is 1.21 bits per heavy atom. The zero-order valence-electron chi connectivity index (χ0n) is 22.2. The van der Waals surface area contributed by atoms with E-state index in [1.54, 1.807) is 12.2 Å². The number of aliphatic hydroxyl groups excluding tert-OH is 1. The smallest absolute Gasteiger partial charge is 0.116 e. The molecule has 4 rings (SSSR count). The zero-order chi connectivity index (χ0) is 27.3. The Bertz CT molecular complexity index is 1110. The van der Waals surface area contributed by atoms with Gasteiger partial charge in [0, 0.05) is 0 Å². The standard InChI is InChI=1S/C33H38O6/c1-3-20-35-29-28(34)30(37-22-25-14-8-5-9-15-25)31(36-21-4-2)33(39-24-27-18-12-7-13-19-27)32(29)38-23-26-16-10-6-11-17-26/h3-19,28-34H,1-2,20-24H2/t28-,29-,30+,31-,32-,33+/m0/s1. The molecule has 6 heteroatoms. The first-order valence-electron chi connectivity index (χ1n) is 13.3. The Labute approximate surface area is 231 Å². The Kier molecular flexibility index (Phi) is 11.5. The van der Waals surface area contributed by atoms with Crippen molar-refractivity contribution in [2.75, 3.05) is 13.2 Å². The first-order valence-corrected chi connectivity index (χ1v) is 13.3. The fourth-order valence-electron chi connectivity index (χ4n) is 4.75. The number of aliphatic hydroxyl groups is 1. The fourth-order valence-corrected chi connectivity index (χ4v) is 4.75. The predicted molar refractivity (Wildman–Crippen MR) is 151 cm³/mol. The van der Waals surface area contributed by atoms with Crippen LogP contribution in [-0.2, 0) is 43.5 Å². The van der Waals surface area contributed by atoms with Crippen molar-refractivity contribution < 1.29 is 28.8 Å². The third kappa shape index (κ3) is 8.19. The first kappa shape index (κ1) is 28.9. The van der Waals surface area contributed by atoms with Gasteiger partial charge in [-0.1, -0.05) is 103 Å². The third-order valence-corrected chi connectivity index (χ3v) is 6.64. The molecular formula is C33H38O6. The van der Waals surface area contributed by atoms with Crippen molar-refractivity contribution in [3.05, 3.63) is 133 Å². The van der Waals surface area contributed by atoms with Crippen LogP contribution in [0.5, 0.6) is 0 Å². The lowest BCUT2D eigenvalue weighted by molar-refractivity contribution is -0.276. The van der Waals surface area contributed by atoms with Crippen LogP contribution in [-0.4, -0.2) is 54.9 Å². The molecule has 1 aliphatic rings. The SMILES string of the molecule is C=CCO[C@@H]1[C@@H](OCc2ccccc2)[C@@H](OCc2ccccc2)[C@@H](OCC=C)[C@H](O)[C@H]1OCc1ccccc1. The second-order valence-electron chi connectivity index (χ2n) is 9.45. The Morgan fingerprint density at radius 2 is 0.795 bits per heavy atom. The highest BCUT2D eigenvalue weighted by Crippen LogP contribution is 2.34. The molecule has 0 saturated heterocycles. The third-order valence-electron chi connectivity index (χ3n) is 6.64. The van der Waals surface area contributed by atoms with Gasteiger partial charge in [0.1, 0.15) is 36.6 Å². The highest BCUT2D eigenvalue weighted by Gasteiger charge is 2.53. The van der Waals surface area contributed by atoms with Gasteiger partial charge in [-0.2, -0.15) is 0 Å². The molecule has 206 valence electrons. The van der Waals surface area contributed by atoms with Crippen molar-refractivity contribution in [2.24, 2.45) is 0 Å². The second kappa shape index (κ2) is 15.5. The summed E-state index contributed by atoms with van der Waals surface area (Å²) in [6.45, 7) is 9.05. The van der Waals surface area contributed by atoms with Gasteiger partial charge in [0.15, 0.2) is 0 Å². The molecule has 3 aromatic rings. The van der Waals surface area contributed by atoms with E-state index in [9.17, 15) is 5.11 Å². The summed E-state index contributed by atoms with van der Waals surface area (Å²) in [4.78, 5) is 0. The summed E-state index contributed by atoms with van der Waals surface area (Å²) in [7, 11) is 0. The number of ether oxygens (including phenoxy) is 5. The van der Waals surface area contributed by atoms with Gasteiger partial charge in [-0.3, -0.25) is 0 Å². The van der Waals surface area contributed by atoms with Gasteiger partial charge in [0.25, 0.3) is 0 Å². The van der Waals surface area contributed by atoms with Crippen LogP contribution in [0.15, 0.2) is 116 Å². The van der Waals surface area contributed by atoms with Crippen LogP contribution in [0.4, 0.5) is 0 Å². The molecule has 6 atom stereocenters. The first-order chi connectivity index (χ1) is 19.2. The number of benzene rings is 3. The lowest BCUT2D eigenvalue weighted by Crippen LogP contribution is -2.67. The van der Waals surface area contributed by atoms with E-state index in [2.05, 4.69) is 13.2 Å². The van der Waals surface area contributed by atoms with E-state index in [0.717, 1.165) is 16.7 Å². The van der Waals surface area contributed by atoms with Gasteiger partial charge in [-0.05, 0) is 16.7 Å². The summed E-state index contributed by atoms with van der Waals surface area (Å²) >= 11 is 0. The van der Waals surface area contributed by atoms with Crippen LogP contribution >= 0.6 is 0 Å². The van der Waals surface area contributed by atoms with Crippen LogP contribution in [0.2, 0.25) is 0 Å². The molecule has 0 bridgehead atoms. The summed E-state index contributed by atoms with van der Waals surface area (Å²) in [6.07, 6.45) is -1.08. The Hall–Kier alpha value is -3.10. The summed E-state index contributed by atoms with van der Waals surface area (Å²) < 4.78 is 31.7.